The SMILES string of the molecule is CC(=O)OCC(C(=O)Cc1nnc(CCSCCc2nnc(NC(=O)C(COC(C)=O)c3ccccc3)s2)s1)c1ccccc1. The minimum atomic E-state index is -0.664. The van der Waals surface area contributed by atoms with Gasteiger partial charge in [0.05, 0.1) is 18.3 Å². The first-order valence-corrected chi connectivity index (χ1v) is 17.0. The topological polar surface area (TPSA) is 150 Å². The molecule has 2 aromatic carbocycles. The first-order chi connectivity index (χ1) is 21.8. The van der Waals surface area contributed by atoms with E-state index in [1.165, 1.54) is 36.5 Å². The molecule has 0 spiro atoms. The van der Waals surface area contributed by atoms with Crippen molar-refractivity contribution in [3.05, 3.63) is 86.8 Å². The number of nitrogens with one attached hydrogen (secondary N) is 1. The quantitative estimate of drug-likeness (QED) is 0.124. The molecule has 1 N–H and O–H groups in total. The third-order valence-corrected chi connectivity index (χ3v) is 9.33. The summed E-state index contributed by atoms with van der Waals surface area (Å²) in [4.78, 5) is 48.7. The number of carbonyl (C=O) groups is 4. The number of thioether (sulfide) groups is 1. The summed E-state index contributed by atoms with van der Waals surface area (Å²) < 4.78 is 10.3. The molecule has 4 rings (SSSR count). The van der Waals surface area contributed by atoms with Gasteiger partial charge in [0.15, 0.2) is 5.78 Å². The standard InChI is InChI=1S/C31H33N5O6S3/c1-20(37)41-18-24(22-9-5-3-6-10-22)26(39)17-29-35-33-27(44-29)13-15-43-16-14-28-34-36-31(45-28)32-30(40)25(19-42-21(2)38)23-11-7-4-8-12-23/h3-12,24-25H,13-19H2,1-2H3,(H,32,36,40). The molecular weight excluding hydrogens is 635 g/mol. The molecule has 0 saturated heterocycles. The van der Waals surface area contributed by atoms with E-state index in [0.29, 0.717) is 23.0 Å². The van der Waals surface area contributed by atoms with Gasteiger partial charge in [0.1, 0.15) is 28.2 Å². The number of aromatic nitrogens is 4. The smallest absolute Gasteiger partial charge is 0.302 e. The maximum absolute atomic E-state index is 13.1. The summed E-state index contributed by atoms with van der Waals surface area (Å²) in [7, 11) is 0. The van der Waals surface area contributed by atoms with E-state index in [0.717, 1.165) is 32.6 Å². The molecule has 0 saturated carbocycles. The molecule has 0 bridgehead atoms. The van der Waals surface area contributed by atoms with Crippen molar-refractivity contribution in [1.82, 2.24) is 20.4 Å². The van der Waals surface area contributed by atoms with Crippen LogP contribution in [0.1, 0.15) is 51.8 Å². The molecule has 4 aromatic rings. The number of hydrogen-bond acceptors (Lipinski definition) is 13. The maximum atomic E-state index is 13.1. The van der Waals surface area contributed by atoms with Gasteiger partial charge in [0.2, 0.25) is 11.0 Å². The fraction of sp³-hybridized carbons (Fsp3) is 0.355. The number of Topliss-reactive ketones (excluding diaryl/α,β-unsaturated/α-hetero) is 1. The van der Waals surface area contributed by atoms with Gasteiger partial charge in [-0.25, -0.2) is 0 Å². The van der Waals surface area contributed by atoms with Crippen molar-refractivity contribution in [3.8, 4) is 0 Å². The number of rotatable bonds is 17. The highest BCUT2D eigenvalue weighted by Gasteiger charge is 2.25. The molecule has 2 aromatic heterocycles. The lowest BCUT2D eigenvalue weighted by Crippen LogP contribution is -2.25. The number of aryl methyl sites for hydroxylation is 2. The highest BCUT2D eigenvalue weighted by Crippen LogP contribution is 2.24. The second-order valence-electron chi connectivity index (χ2n) is 9.87. The van der Waals surface area contributed by atoms with Crippen molar-refractivity contribution in [2.75, 3.05) is 30.0 Å². The average Bonchev–Trinajstić information content (AvgIpc) is 3.67. The zero-order chi connectivity index (χ0) is 32.0. The molecular formula is C31H33N5O6S3. The number of hydrogen-bond donors (Lipinski definition) is 1. The summed E-state index contributed by atoms with van der Waals surface area (Å²) in [6.45, 7) is 2.56. The van der Waals surface area contributed by atoms with Gasteiger partial charge in [-0.1, -0.05) is 72.0 Å². The number of carbonyl (C=O) groups excluding carboxylic acids is 4. The number of benzene rings is 2. The van der Waals surface area contributed by atoms with E-state index < -0.39 is 23.8 Å². The normalized spacial score (nSPS) is 12.2. The molecule has 0 aliphatic rings. The predicted octanol–water partition coefficient (Wildman–Crippen LogP) is 4.65. The van der Waals surface area contributed by atoms with Crippen LogP contribution in [-0.4, -0.2) is 68.7 Å². The Bertz CT molecular complexity index is 1450. The lowest BCUT2D eigenvalue weighted by molar-refractivity contribution is -0.143. The van der Waals surface area contributed by atoms with E-state index >= 15 is 0 Å². The fourth-order valence-corrected chi connectivity index (χ4v) is 6.96. The van der Waals surface area contributed by atoms with Gasteiger partial charge in [-0.15, -0.1) is 31.7 Å². The van der Waals surface area contributed by atoms with Crippen molar-refractivity contribution in [1.29, 1.82) is 0 Å². The Balaban J connectivity index is 1.20. The van der Waals surface area contributed by atoms with Gasteiger partial charge in [0.25, 0.3) is 0 Å². The summed E-state index contributed by atoms with van der Waals surface area (Å²) in [6, 6.07) is 18.4. The highest BCUT2D eigenvalue weighted by molar-refractivity contribution is 7.99. The van der Waals surface area contributed by atoms with Gasteiger partial charge >= 0.3 is 11.9 Å². The third-order valence-electron chi connectivity index (χ3n) is 6.47. The van der Waals surface area contributed by atoms with Crippen LogP contribution in [0.5, 0.6) is 0 Å². The number of esters is 2. The summed E-state index contributed by atoms with van der Waals surface area (Å²) in [6.07, 6.45) is 1.52. The molecule has 2 atom stereocenters. The first kappa shape index (κ1) is 33.9. The van der Waals surface area contributed by atoms with Crippen molar-refractivity contribution >= 4 is 63.2 Å². The van der Waals surface area contributed by atoms with E-state index in [1.807, 2.05) is 60.7 Å². The Kier molecular flexibility index (Phi) is 13.2. The van der Waals surface area contributed by atoms with Crippen LogP contribution < -0.4 is 5.32 Å². The monoisotopic (exact) mass is 667 g/mol. The van der Waals surface area contributed by atoms with Crippen LogP contribution in [0.15, 0.2) is 60.7 Å². The van der Waals surface area contributed by atoms with E-state index in [4.69, 9.17) is 9.47 Å². The van der Waals surface area contributed by atoms with Crippen LogP contribution in [-0.2, 0) is 47.9 Å². The Morgan fingerprint density at radius 3 is 1.82 bits per heavy atom. The number of ketones is 1. The van der Waals surface area contributed by atoms with Crippen LogP contribution in [0.3, 0.4) is 0 Å². The molecule has 2 unspecified atom stereocenters. The van der Waals surface area contributed by atoms with Crippen LogP contribution in [0.4, 0.5) is 5.13 Å². The average molecular weight is 668 g/mol. The zero-order valence-corrected chi connectivity index (χ0v) is 27.3. The molecule has 0 fully saturated rings. The minimum Gasteiger partial charge on any atom is -0.465 e. The Hall–Kier alpha value is -4.01. The lowest BCUT2D eigenvalue weighted by Gasteiger charge is -2.15. The van der Waals surface area contributed by atoms with Crippen LogP contribution >= 0.6 is 34.4 Å². The molecule has 236 valence electrons. The largest absolute Gasteiger partial charge is 0.465 e. The van der Waals surface area contributed by atoms with E-state index in [9.17, 15) is 19.2 Å². The lowest BCUT2D eigenvalue weighted by atomic mass is 9.94. The van der Waals surface area contributed by atoms with Crippen molar-refractivity contribution in [3.63, 3.8) is 0 Å². The second kappa shape index (κ2) is 17.5. The van der Waals surface area contributed by atoms with Gasteiger partial charge in [-0.05, 0) is 22.6 Å². The van der Waals surface area contributed by atoms with Crippen LogP contribution in [0, 0.1) is 0 Å². The van der Waals surface area contributed by atoms with E-state index in [1.54, 1.807) is 11.8 Å². The molecule has 11 nitrogen and oxygen atoms in total. The molecule has 0 radical (unpaired) electrons. The number of amides is 1. The minimum absolute atomic E-state index is 0.00670. The molecule has 14 heteroatoms. The van der Waals surface area contributed by atoms with Crippen LogP contribution in [0.25, 0.3) is 0 Å². The van der Waals surface area contributed by atoms with Crippen molar-refractivity contribution in [2.45, 2.75) is 44.9 Å². The molecule has 0 aliphatic heterocycles. The summed E-state index contributed by atoms with van der Waals surface area (Å²) in [5.41, 5.74) is 1.53. The van der Waals surface area contributed by atoms with E-state index in [-0.39, 0.29) is 31.3 Å². The Morgan fingerprint density at radius 2 is 1.22 bits per heavy atom. The maximum Gasteiger partial charge on any atom is 0.302 e. The van der Waals surface area contributed by atoms with Gasteiger partial charge < -0.3 is 9.47 Å². The number of anilines is 1. The Labute approximate surface area is 273 Å². The first-order valence-electron chi connectivity index (χ1n) is 14.2. The Morgan fingerprint density at radius 1 is 0.711 bits per heavy atom. The van der Waals surface area contributed by atoms with Crippen molar-refractivity contribution in [2.24, 2.45) is 0 Å². The zero-order valence-electron chi connectivity index (χ0n) is 24.8. The third kappa shape index (κ3) is 11.1. The molecule has 1 amide bonds. The highest BCUT2D eigenvalue weighted by atomic mass is 32.2. The summed E-state index contributed by atoms with van der Waals surface area (Å²) in [5, 5.41) is 22.2. The van der Waals surface area contributed by atoms with E-state index in [2.05, 4.69) is 25.7 Å². The van der Waals surface area contributed by atoms with Crippen molar-refractivity contribution < 1.29 is 28.7 Å². The number of ether oxygens (including phenoxy) is 2. The molecule has 2 heterocycles. The predicted molar refractivity (Wildman–Crippen MR) is 174 cm³/mol. The molecule has 0 aliphatic carbocycles. The van der Waals surface area contributed by atoms with Gasteiger partial charge in [0, 0.05) is 26.7 Å². The molecule has 45 heavy (non-hydrogen) atoms. The second-order valence-corrected chi connectivity index (χ2v) is 13.3. The summed E-state index contributed by atoms with van der Waals surface area (Å²) >= 11 is 4.47. The van der Waals surface area contributed by atoms with Gasteiger partial charge in [-0.3, -0.25) is 24.5 Å². The number of nitrogens with zero attached hydrogens (tertiary/aromatic N) is 4. The fourth-order valence-electron chi connectivity index (χ4n) is 4.22. The van der Waals surface area contributed by atoms with Crippen LogP contribution in [0.2, 0.25) is 0 Å². The van der Waals surface area contributed by atoms with Gasteiger partial charge in [-0.2, -0.15) is 11.8 Å². The summed E-state index contributed by atoms with van der Waals surface area (Å²) in [5.74, 6) is -0.875.